The van der Waals surface area contributed by atoms with Crippen LogP contribution in [0.25, 0.3) is 0 Å². The summed E-state index contributed by atoms with van der Waals surface area (Å²) in [5.41, 5.74) is -0.867. The molecule has 6 atom stereocenters. The molecule has 2 saturated heterocycles. The van der Waals surface area contributed by atoms with E-state index in [0.717, 1.165) is 11.1 Å². The number of likely N-dealkylation sites (tertiary alicyclic amines) is 2. The number of esters is 1. The van der Waals surface area contributed by atoms with Crippen LogP contribution in [0.15, 0.2) is 60.7 Å². The van der Waals surface area contributed by atoms with Gasteiger partial charge >= 0.3 is 24.2 Å². The van der Waals surface area contributed by atoms with Gasteiger partial charge < -0.3 is 34.1 Å². The number of alkyl carbamates (subject to hydrolysis) is 1. The average molecular weight is 742 g/mol. The molecule has 2 aliphatic heterocycles. The van der Waals surface area contributed by atoms with Crippen molar-refractivity contribution in [3.05, 3.63) is 71.8 Å². The van der Waals surface area contributed by atoms with Crippen molar-refractivity contribution in [3.8, 4) is 0 Å². The van der Waals surface area contributed by atoms with Crippen molar-refractivity contribution < 1.29 is 46.9 Å². The zero-order valence-corrected chi connectivity index (χ0v) is 31.6. The molecule has 290 valence electrons. The number of hydrogen-bond acceptors (Lipinski definition) is 8. The van der Waals surface area contributed by atoms with Crippen LogP contribution in [0.2, 0.25) is 0 Å². The Morgan fingerprint density at radius 1 is 0.698 bits per heavy atom. The molecule has 4 aliphatic rings. The highest BCUT2D eigenvalue weighted by Crippen LogP contribution is 2.57. The molecule has 2 aromatic carbocycles. The van der Waals surface area contributed by atoms with Gasteiger partial charge in [0.05, 0.1) is 24.3 Å². The van der Waals surface area contributed by atoms with Crippen LogP contribution in [-0.4, -0.2) is 90.3 Å². The van der Waals surface area contributed by atoms with Crippen molar-refractivity contribution in [1.29, 1.82) is 0 Å². The van der Waals surface area contributed by atoms with Crippen LogP contribution >= 0.6 is 0 Å². The van der Waals surface area contributed by atoms with E-state index in [2.05, 4.69) is 5.32 Å². The maximum absolute atomic E-state index is 13.3. The SMILES string of the molecule is CC(C)(C)OC(=O)N[C@@]12CC(CF)[C@@H]1CN(C(=O)OCc1ccccc1)C2.CC(C)(C)OC(=O)[C@@]12CC(CF)[C@@H]1CN(C(=O)OCc1ccccc1)C2. The Labute approximate surface area is 310 Å². The van der Waals surface area contributed by atoms with Gasteiger partial charge in [0.25, 0.3) is 0 Å². The zero-order chi connectivity index (χ0) is 38.6. The van der Waals surface area contributed by atoms with Crippen molar-refractivity contribution in [2.45, 2.75) is 84.3 Å². The minimum Gasteiger partial charge on any atom is -0.459 e. The number of halogens is 2. The Bertz CT molecular complexity index is 1600. The van der Waals surface area contributed by atoms with Crippen molar-refractivity contribution in [2.75, 3.05) is 39.5 Å². The topological polar surface area (TPSA) is 124 Å². The van der Waals surface area contributed by atoms with Gasteiger partial charge in [-0.3, -0.25) is 13.6 Å². The van der Waals surface area contributed by atoms with E-state index in [4.69, 9.17) is 18.9 Å². The van der Waals surface area contributed by atoms with Gasteiger partial charge in [-0.25, -0.2) is 14.4 Å². The largest absolute Gasteiger partial charge is 0.459 e. The van der Waals surface area contributed by atoms with Crippen LogP contribution in [0.3, 0.4) is 0 Å². The molecule has 53 heavy (non-hydrogen) atoms. The molecule has 6 rings (SSSR count). The first-order valence-corrected chi connectivity index (χ1v) is 18.3. The summed E-state index contributed by atoms with van der Waals surface area (Å²) < 4.78 is 48.2. The van der Waals surface area contributed by atoms with E-state index in [-0.39, 0.29) is 49.4 Å². The third kappa shape index (κ3) is 9.39. The second-order valence-corrected chi connectivity index (χ2v) is 16.7. The van der Waals surface area contributed by atoms with Crippen LogP contribution in [-0.2, 0) is 37.0 Å². The van der Waals surface area contributed by atoms with Crippen LogP contribution in [0.5, 0.6) is 0 Å². The Balaban J connectivity index is 0.000000204. The maximum Gasteiger partial charge on any atom is 0.410 e. The number of amides is 3. The van der Waals surface area contributed by atoms with Crippen molar-refractivity contribution in [2.24, 2.45) is 29.1 Å². The summed E-state index contributed by atoms with van der Waals surface area (Å²) in [5.74, 6) is -1.02. The minimum absolute atomic E-state index is 0.126. The fourth-order valence-corrected chi connectivity index (χ4v) is 7.99. The lowest BCUT2D eigenvalue weighted by Gasteiger charge is -2.49. The molecule has 2 aromatic rings. The number of carbonyl (C=O) groups is 4. The standard InChI is InChI=1S/C20H27FN2O4.C20H26FNO4/c1-19(2,3)27-17(24)22-20-9-15(10-21)16(20)11-23(13-20)18(25)26-12-14-7-5-4-6-8-14;1-19(2,3)26-17(23)20-9-15(10-21)16(20)11-22(13-20)18(24)25-12-14-7-5-4-6-8-14/h4-8,15-16H,9-13H2,1-3H3,(H,22,24);4-8,15-16H,9-13H2,1-3H3/t2*15?,16-,20+/m00/s1. The molecule has 4 fully saturated rings. The van der Waals surface area contributed by atoms with E-state index < -0.39 is 53.8 Å². The normalized spacial score (nSPS) is 27.1. The molecule has 0 spiro atoms. The molecule has 11 nitrogen and oxygen atoms in total. The highest BCUT2D eigenvalue weighted by Gasteiger charge is 2.65. The minimum atomic E-state index is -0.796. The van der Waals surface area contributed by atoms with Gasteiger partial charge in [-0.15, -0.1) is 0 Å². The molecule has 0 aromatic heterocycles. The van der Waals surface area contributed by atoms with Gasteiger partial charge in [-0.2, -0.15) is 0 Å². The van der Waals surface area contributed by atoms with Crippen molar-refractivity contribution >= 4 is 24.2 Å². The molecule has 13 heteroatoms. The number of ether oxygens (including phenoxy) is 4. The second kappa shape index (κ2) is 15.9. The van der Waals surface area contributed by atoms with Crippen molar-refractivity contribution in [1.82, 2.24) is 15.1 Å². The Hall–Kier alpha value is -4.42. The predicted molar refractivity (Wildman–Crippen MR) is 192 cm³/mol. The molecule has 0 radical (unpaired) electrons. The summed E-state index contributed by atoms with van der Waals surface area (Å²) >= 11 is 0. The summed E-state index contributed by atoms with van der Waals surface area (Å²) in [6.45, 7) is 11.4. The van der Waals surface area contributed by atoms with Gasteiger partial charge in [-0.05, 0) is 83.3 Å². The lowest BCUT2D eigenvalue weighted by molar-refractivity contribution is -0.181. The van der Waals surface area contributed by atoms with Crippen LogP contribution in [0.4, 0.5) is 23.2 Å². The zero-order valence-electron chi connectivity index (χ0n) is 31.6. The van der Waals surface area contributed by atoms with E-state index in [1.807, 2.05) is 81.4 Å². The average Bonchev–Trinajstić information content (AvgIpc) is 3.54. The Morgan fingerprint density at radius 3 is 1.66 bits per heavy atom. The highest BCUT2D eigenvalue weighted by atomic mass is 19.1. The van der Waals surface area contributed by atoms with E-state index in [1.165, 1.54) is 4.90 Å². The summed E-state index contributed by atoms with van der Waals surface area (Å²) in [6, 6.07) is 18.8. The molecule has 3 amide bonds. The summed E-state index contributed by atoms with van der Waals surface area (Å²) in [5, 5.41) is 2.89. The lowest BCUT2D eigenvalue weighted by Crippen LogP contribution is -2.65. The second-order valence-electron chi connectivity index (χ2n) is 16.7. The number of fused-ring (bicyclic) bond motifs is 2. The molecule has 2 heterocycles. The number of nitrogens with zero attached hydrogens (tertiary/aromatic N) is 2. The van der Waals surface area contributed by atoms with Crippen LogP contribution in [0, 0.1) is 29.1 Å². The van der Waals surface area contributed by atoms with E-state index in [9.17, 15) is 28.0 Å². The number of alkyl halides is 2. The number of hydrogen-bond donors (Lipinski definition) is 1. The third-order valence-corrected chi connectivity index (χ3v) is 10.5. The van der Waals surface area contributed by atoms with Crippen LogP contribution in [0.1, 0.15) is 65.5 Å². The first kappa shape index (κ1) is 39.8. The molecule has 2 unspecified atom stereocenters. The van der Waals surface area contributed by atoms with E-state index in [1.54, 1.807) is 25.7 Å². The lowest BCUT2D eigenvalue weighted by atomic mass is 9.55. The highest BCUT2D eigenvalue weighted by molar-refractivity contribution is 5.82. The van der Waals surface area contributed by atoms with Gasteiger partial charge in [-0.1, -0.05) is 60.7 Å². The quantitative estimate of drug-likeness (QED) is 0.225. The molecular formula is C40H53F2N3O8. The Morgan fingerprint density at radius 2 is 1.17 bits per heavy atom. The fourth-order valence-electron chi connectivity index (χ4n) is 7.99. The molecule has 2 saturated carbocycles. The number of rotatable bonds is 8. The molecular weight excluding hydrogens is 688 g/mol. The van der Waals surface area contributed by atoms with Crippen molar-refractivity contribution in [3.63, 3.8) is 0 Å². The monoisotopic (exact) mass is 741 g/mol. The summed E-state index contributed by atoms with van der Waals surface area (Å²) in [7, 11) is 0. The van der Waals surface area contributed by atoms with E-state index >= 15 is 0 Å². The van der Waals surface area contributed by atoms with Gasteiger partial charge in [0.15, 0.2) is 0 Å². The number of benzene rings is 2. The van der Waals surface area contributed by atoms with Gasteiger partial charge in [0, 0.05) is 32.1 Å². The third-order valence-electron chi connectivity index (χ3n) is 10.5. The van der Waals surface area contributed by atoms with Gasteiger partial charge in [0.2, 0.25) is 0 Å². The molecule has 0 bridgehead atoms. The maximum atomic E-state index is 13.3. The number of nitrogens with one attached hydrogen (secondary N) is 1. The summed E-state index contributed by atoms with van der Waals surface area (Å²) in [4.78, 5) is 52.9. The fraction of sp³-hybridized carbons (Fsp3) is 0.600. The molecule has 1 N–H and O–H groups in total. The smallest absolute Gasteiger partial charge is 0.410 e. The van der Waals surface area contributed by atoms with E-state index in [0.29, 0.717) is 32.5 Å². The first-order chi connectivity index (χ1) is 25.0. The predicted octanol–water partition coefficient (Wildman–Crippen LogP) is 7.08. The summed E-state index contributed by atoms with van der Waals surface area (Å²) in [6.07, 6.45) is -0.536. The van der Waals surface area contributed by atoms with Crippen LogP contribution < -0.4 is 5.32 Å². The Kier molecular flexibility index (Phi) is 11.9. The van der Waals surface area contributed by atoms with Gasteiger partial charge in [0.1, 0.15) is 24.4 Å². The first-order valence-electron chi connectivity index (χ1n) is 18.3. The molecule has 2 aliphatic carbocycles. The number of carbonyl (C=O) groups excluding carboxylic acids is 4.